The molecule has 0 radical (unpaired) electrons. The molecule has 2 aromatic rings. The summed E-state index contributed by atoms with van der Waals surface area (Å²) in [5.41, 5.74) is 7.74. The Morgan fingerprint density at radius 2 is 2.14 bits per heavy atom. The van der Waals surface area contributed by atoms with Crippen molar-refractivity contribution in [1.29, 1.82) is 0 Å². The van der Waals surface area contributed by atoms with Gasteiger partial charge in [-0.05, 0) is 12.5 Å². The van der Waals surface area contributed by atoms with Gasteiger partial charge in [0.15, 0.2) is 0 Å². The van der Waals surface area contributed by atoms with E-state index in [1.807, 2.05) is 20.2 Å². The zero-order valence-electron chi connectivity index (χ0n) is 12.2. The van der Waals surface area contributed by atoms with Crippen LogP contribution in [0.5, 0.6) is 0 Å². The van der Waals surface area contributed by atoms with Crippen molar-refractivity contribution in [2.45, 2.75) is 26.4 Å². The first-order chi connectivity index (χ1) is 9.99. The number of nitrogens with one attached hydrogen (secondary N) is 1. The standard InChI is InChI=1S/C14H19N5O2/c1-3-12-10(7-18(2)17-12)6-16-13(20)9-19-8-11(15)4-5-14(19)21/h4-5,7-8H,3,6,9,15H2,1-2H3,(H,16,20). The minimum absolute atomic E-state index is 0.0500. The second-order valence-electron chi connectivity index (χ2n) is 4.83. The second-order valence-corrected chi connectivity index (χ2v) is 4.83. The predicted molar refractivity (Wildman–Crippen MR) is 79.5 cm³/mol. The summed E-state index contributed by atoms with van der Waals surface area (Å²) in [4.78, 5) is 23.5. The lowest BCUT2D eigenvalue weighted by Crippen LogP contribution is -2.31. The molecule has 112 valence electrons. The molecule has 3 N–H and O–H groups in total. The van der Waals surface area contributed by atoms with E-state index >= 15 is 0 Å². The highest BCUT2D eigenvalue weighted by atomic mass is 16.2. The van der Waals surface area contributed by atoms with E-state index in [-0.39, 0.29) is 18.0 Å². The van der Waals surface area contributed by atoms with E-state index in [4.69, 9.17) is 5.73 Å². The Morgan fingerprint density at radius 1 is 1.38 bits per heavy atom. The molecule has 7 nitrogen and oxygen atoms in total. The monoisotopic (exact) mass is 289 g/mol. The molecular weight excluding hydrogens is 270 g/mol. The molecule has 0 saturated heterocycles. The maximum Gasteiger partial charge on any atom is 0.251 e. The summed E-state index contributed by atoms with van der Waals surface area (Å²) in [6, 6.07) is 2.86. The fourth-order valence-corrected chi connectivity index (χ4v) is 2.11. The molecule has 0 spiro atoms. The number of nitrogen functional groups attached to an aromatic ring is 1. The van der Waals surface area contributed by atoms with Crippen LogP contribution < -0.4 is 16.6 Å². The van der Waals surface area contributed by atoms with E-state index in [2.05, 4.69) is 10.4 Å². The Labute approximate surface area is 122 Å². The van der Waals surface area contributed by atoms with Crippen LogP contribution in [0, 0.1) is 0 Å². The van der Waals surface area contributed by atoms with Gasteiger partial charge in [0, 0.05) is 43.3 Å². The zero-order valence-corrected chi connectivity index (χ0v) is 12.2. The average molecular weight is 289 g/mol. The molecule has 2 aromatic heterocycles. The van der Waals surface area contributed by atoms with Crippen molar-refractivity contribution in [3.8, 4) is 0 Å². The molecule has 0 aliphatic heterocycles. The van der Waals surface area contributed by atoms with E-state index in [1.165, 1.54) is 22.9 Å². The Bertz CT molecular complexity index is 702. The van der Waals surface area contributed by atoms with Crippen molar-refractivity contribution in [3.05, 3.63) is 46.1 Å². The molecule has 0 saturated carbocycles. The third kappa shape index (κ3) is 3.71. The topological polar surface area (TPSA) is 94.9 Å². The van der Waals surface area contributed by atoms with Gasteiger partial charge in [-0.3, -0.25) is 14.3 Å². The number of hydrogen-bond acceptors (Lipinski definition) is 4. The van der Waals surface area contributed by atoms with Gasteiger partial charge < -0.3 is 15.6 Å². The van der Waals surface area contributed by atoms with Crippen LogP contribution in [0.25, 0.3) is 0 Å². The average Bonchev–Trinajstić information content (AvgIpc) is 2.81. The molecule has 0 bridgehead atoms. The molecule has 0 aliphatic rings. The number of aryl methyl sites for hydroxylation is 2. The molecule has 2 rings (SSSR count). The summed E-state index contributed by atoms with van der Waals surface area (Å²) in [6.45, 7) is 2.36. The summed E-state index contributed by atoms with van der Waals surface area (Å²) in [5.74, 6) is -0.242. The summed E-state index contributed by atoms with van der Waals surface area (Å²) >= 11 is 0. The molecule has 2 heterocycles. The highest BCUT2D eigenvalue weighted by molar-refractivity contribution is 5.75. The van der Waals surface area contributed by atoms with Crippen molar-refractivity contribution >= 4 is 11.6 Å². The SMILES string of the molecule is CCc1nn(C)cc1CNC(=O)Cn1cc(N)ccc1=O. The van der Waals surface area contributed by atoms with Crippen LogP contribution in [0.3, 0.4) is 0 Å². The van der Waals surface area contributed by atoms with Crippen LogP contribution in [0.4, 0.5) is 5.69 Å². The molecule has 0 aliphatic carbocycles. The molecule has 1 amide bonds. The van der Waals surface area contributed by atoms with Gasteiger partial charge in [-0.25, -0.2) is 0 Å². The van der Waals surface area contributed by atoms with Gasteiger partial charge in [0.05, 0.1) is 5.69 Å². The van der Waals surface area contributed by atoms with Gasteiger partial charge >= 0.3 is 0 Å². The smallest absolute Gasteiger partial charge is 0.251 e. The molecule has 0 atom stereocenters. The minimum atomic E-state index is -0.255. The van der Waals surface area contributed by atoms with Crippen LogP contribution in [0.1, 0.15) is 18.2 Å². The second kappa shape index (κ2) is 6.25. The zero-order chi connectivity index (χ0) is 15.4. The fourth-order valence-electron chi connectivity index (χ4n) is 2.11. The summed E-state index contributed by atoms with van der Waals surface area (Å²) in [7, 11) is 1.84. The van der Waals surface area contributed by atoms with E-state index < -0.39 is 0 Å². The van der Waals surface area contributed by atoms with Gasteiger partial charge in [-0.2, -0.15) is 5.10 Å². The minimum Gasteiger partial charge on any atom is -0.398 e. The van der Waals surface area contributed by atoms with E-state index in [0.717, 1.165) is 17.7 Å². The number of pyridine rings is 1. The van der Waals surface area contributed by atoms with Crippen molar-refractivity contribution in [2.75, 3.05) is 5.73 Å². The predicted octanol–water partition coefficient (Wildman–Crippen LogP) is 0.0428. The first-order valence-electron chi connectivity index (χ1n) is 6.73. The molecule has 7 heteroatoms. The number of nitrogens with two attached hydrogens (primary N) is 1. The molecule has 0 aromatic carbocycles. The first-order valence-corrected chi connectivity index (χ1v) is 6.73. The number of hydrogen-bond donors (Lipinski definition) is 2. The van der Waals surface area contributed by atoms with Gasteiger partial charge in [-0.1, -0.05) is 6.92 Å². The summed E-state index contributed by atoms with van der Waals surface area (Å²) in [5, 5.41) is 7.10. The summed E-state index contributed by atoms with van der Waals surface area (Å²) < 4.78 is 3.01. The quantitative estimate of drug-likeness (QED) is 0.812. The third-order valence-electron chi connectivity index (χ3n) is 3.12. The van der Waals surface area contributed by atoms with Gasteiger partial charge in [0.25, 0.3) is 5.56 Å². The van der Waals surface area contributed by atoms with Crippen molar-refractivity contribution < 1.29 is 4.79 Å². The van der Waals surface area contributed by atoms with Crippen LogP contribution in [0.15, 0.2) is 29.3 Å². The largest absolute Gasteiger partial charge is 0.398 e. The highest BCUT2D eigenvalue weighted by Gasteiger charge is 2.09. The molecule has 0 unspecified atom stereocenters. The van der Waals surface area contributed by atoms with Crippen LogP contribution >= 0.6 is 0 Å². The van der Waals surface area contributed by atoms with Gasteiger partial charge in [0.1, 0.15) is 6.54 Å². The lowest BCUT2D eigenvalue weighted by molar-refractivity contribution is -0.121. The lowest BCUT2D eigenvalue weighted by Gasteiger charge is -2.07. The van der Waals surface area contributed by atoms with E-state index in [0.29, 0.717) is 12.2 Å². The Kier molecular flexibility index (Phi) is 4.42. The third-order valence-corrected chi connectivity index (χ3v) is 3.12. The number of carbonyl (C=O) groups excluding carboxylic acids is 1. The molecule has 0 fully saturated rings. The Morgan fingerprint density at radius 3 is 2.86 bits per heavy atom. The van der Waals surface area contributed by atoms with Crippen molar-refractivity contribution in [1.82, 2.24) is 19.7 Å². The van der Waals surface area contributed by atoms with Crippen LogP contribution in [0.2, 0.25) is 0 Å². The number of rotatable bonds is 5. The van der Waals surface area contributed by atoms with Crippen LogP contribution in [-0.2, 0) is 31.4 Å². The molecule has 21 heavy (non-hydrogen) atoms. The first kappa shape index (κ1) is 14.8. The van der Waals surface area contributed by atoms with E-state index in [1.54, 1.807) is 4.68 Å². The number of aromatic nitrogens is 3. The number of nitrogens with zero attached hydrogens (tertiary/aromatic N) is 3. The summed E-state index contributed by atoms with van der Waals surface area (Å²) in [6.07, 6.45) is 4.15. The van der Waals surface area contributed by atoms with E-state index in [9.17, 15) is 9.59 Å². The van der Waals surface area contributed by atoms with Crippen molar-refractivity contribution in [3.63, 3.8) is 0 Å². The Hall–Kier alpha value is -2.57. The highest BCUT2D eigenvalue weighted by Crippen LogP contribution is 2.06. The lowest BCUT2D eigenvalue weighted by atomic mass is 10.2. The normalized spacial score (nSPS) is 10.6. The number of anilines is 1. The fraction of sp³-hybridized carbons (Fsp3) is 0.357. The van der Waals surface area contributed by atoms with Crippen LogP contribution in [-0.4, -0.2) is 20.3 Å². The van der Waals surface area contributed by atoms with Gasteiger partial charge in [0.2, 0.25) is 5.91 Å². The maximum atomic E-state index is 11.9. The van der Waals surface area contributed by atoms with Crippen molar-refractivity contribution in [2.24, 2.45) is 7.05 Å². The number of carbonyl (C=O) groups is 1. The maximum absolute atomic E-state index is 11.9. The molecular formula is C14H19N5O2. The number of amides is 1. The Balaban J connectivity index is 1.99. The van der Waals surface area contributed by atoms with Gasteiger partial charge in [-0.15, -0.1) is 0 Å².